The Morgan fingerprint density at radius 1 is 1.21 bits per heavy atom. The fraction of sp³-hybridized carbons (Fsp3) is 0.467. The maximum absolute atomic E-state index is 12.0. The molecule has 4 nitrogen and oxygen atoms in total. The third-order valence-corrected chi connectivity index (χ3v) is 3.34. The molecule has 0 heterocycles. The number of rotatable bonds is 4. The van der Waals surface area contributed by atoms with Gasteiger partial charge in [0.2, 0.25) is 5.91 Å². The summed E-state index contributed by atoms with van der Waals surface area (Å²) in [6.07, 6.45) is -0.0690. The van der Waals surface area contributed by atoms with Gasteiger partial charge in [0.1, 0.15) is 11.5 Å². The fourth-order valence-corrected chi connectivity index (χ4v) is 2.22. The van der Waals surface area contributed by atoms with Crippen LogP contribution < -0.4 is 9.64 Å². The van der Waals surface area contributed by atoms with E-state index < -0.39 is 0 Å². The minimum atomic E-state index is -0.191. The first-order chi connectivity index (χ1) is 8.79. The molecule has 0 aliphatic rings. The first-order valence-electron chi connectivity index (χ1n) is 6.20. The Hall–Kier alpha value is -1.84. The predicted molar refractivity (Wildman–Crippen MR) is 75.9 cm³/mol. The van der Waals surface area contributed by atoms with Crippen LogP contribution in [0.1, 0.15) is 30.0 Å². The number of nitrogens with zero attached hydrogens (tertiary/aromatic N) is 1. The monoisotopic (exact) mass is 263 g/mol. The van der Waals surface area contributed by atoms with E-state index in [4.69, 9.17) is 4.74 Å². The number of benzene rings is 1. The van der Waals surface area contributed by atoms with E-state index in [0.717, 1.165) is 28.1 Å². The molecule has 1 aromatic rings. The van der Waals surface area contributed by atoms with Crippen LogP contribution >= 0.6 is 0 Å². The summed E-state index contributed by atoms with van der Waals surface area (Å²) in [5.41, 5.74) is 3.81. The molecule has 0 fully saturated rings. The van der Waals surface area contributed by atoms with E-state index in [1.807, 2.05) is 26.8 Å². The molecule has 0 unspecified atom stereocenters. The number of carbonyl (C=O) groups excluding carboxylic acids is 2. The second kappa shape index (κ2) is 5.87. The average molecular weight is 263 g/mol. The van der Waals surface area contributed by atoms with Crippen molar-refractivity contribution in [1.82, 2.24) is 0 Å². The number of Topliss-reactive ketones (excluding diaryl/α,β-unsaturated/α-hetero) is 1. The number of hydrogen-bond acceptors (Lipinski definition) is 3. The van der Waals surface area contributed by atoms with Crippen molar-refractivity contribution < 1.29 is 14.3 Å². The molecule has 0 N–H and O–H groups in total. The first-order valence-corrected chi connectivity index (χ1v) is 6.20. The largest absolute Gasteiger partial charge is 0.496 e. The highest BCUT2D eigenvalue weighted by molar-refractivity contribution is 6.05. The van der Waals surface area contributed by atoms with Crippen LogP contribution in [-0.2, 0) is 9.59 Å². The quantitative estimate of drug-likeness (QED) is 0.784. The Kier molecular flexibility index (Phi) is 4.70. The van der Waals surface area contributed by atoms with Gasteiger partial charge in [-0.2, -0.15) is 0 Å². The van der Waals surface area contributed by atoms with Crippen LogP contribution in [0.3, 0.4) is 0 Å². The summed E-state index contributed by atoms with van der Waals surface area (Å²) in [5.74, 6) is 0.492. The molecule has 0 radical (unpaired) electrons. The molecule has 0 aliphatic carbocycles. The van der Waals surface area contributed by atoms with E-state index >= 15 is 0 Å². The smallest absolute Gasteiger partial charge is 0.234 e. The third-order valence-electron chi connectivity index (χ3n) is 3.34. The molecule has 0 bridgehead atoms. The zero-order chi connectivity index (χ0) is 14.7. The standard InChI is InChI=1S/C15H21NO3/c1-9-7-13(19-6)11(3)12(4)15(9)16(5)14(18)8-10(2)17/h7H,8H2,1-6H3. The number of aryl methyl sites for hydroxylation is 1. The summed E-state index contributed by atoms with van der Waals surface area (Å²) in [5, 5.41) is 0. The molecule has 1 aromatic carbocycles. The van der Waals surface area contributed by atoms with Gasteiger partial charge in [0.15, 0.2) is 0 Å². The Morgan fingerprint density at radius 3 is 2.26 bits per heavy atom. The van der Waals surface area contributed by atoms with E-state index in [9.17, 15) is 9.59 Å². The zero-order valence-electron chi connectivity index (χ0n) is 12.5. The van der Waals surface area contributed by atoms with Crippen LogP contribution in [0, 0.1) is 20.8 Å². The van der Waals surface area contributed by atoms with Crippen LogP contribution in [0.2, 0.25) is 0 Å². The molecule has 19 heavy (non-hydrogen) atoms. The van der Waals surface area contributed by atoms with Crippen molar-refractivity contribution in [3.05, 3.63) is 22.8 Å². The van der Waals surface area contributed by atoms with Crippen molar-refractivity contribution in [1.29, 1.82) is 0 Å². The van der Waals surface area contributed by atoms with Gasteiger partial charge in [-0.3, -0.25) is 9.59 Å². The minimum Gasteiger partial charge on any atom is -0.496 e. The highest BCUT2D eigenvalue weighted by Gasteiger charge is 2.19. The molecule has 0 spiro atoms. The van der Waals surface area contributed by atoms with Crippen LogP contribution in [0.4, 0.5) is 5.69 Å². The van der Waals surface area contributed by atoms with Gasteiger partial charge in [-0.05, 0) is 50.5 Å². The molecular weight excluding hydrogens is 242 g/mol. The lowest BCUT2D eigenvalue weighted by Crippen LogP contribution is -2.29. The molecule has 0 aliphatic heterocycles. The maximum Gasteiger partial charge on any atom is 0.234 e. The van der Waals surface area contributed by atoms with Crippen LogP contribution in [0.5, 0.6) is 5.75 Å². The molecule has 1 amide bonds. The van der Waals surface area contributed by atoms with Gasteiger partial charge in [-0.15, -0.1) is 0 Å². The lowest BCUT2D eigenvalue weighted by atomic mass is 10.0. The predicted octanol–water partition coefficient (Wildman–Crippen LogP) is 2.56. The highest BCUT2D eigenvalue weighted by atomic mass is 16.5. The van der Waals surface area contributed by atoms with Gasteiger partial charge in [0, 0.05) is 12.7 Å². The summed E-state index contributed by atoms with van der Waals surface area (Å²) in [7, 11) is 3.33. The normalized spacial score (nSPS) is 10.2. The average Bonchev–Trinajstić information content (AvgIpc) is 2.32. The zero-order valence-corrected chi connectivity index (χ0v) is 12.5. The van der Waals surface area contributed by atoms with Gasteiger partial charge in [-0.25, -0.2) is 0 Å². The summed E-state index contributed by atoms with van der Waals surface area (Å²) < 4.78 is 5.31. The van der Waals surface area contributed by atoms with E-state index in [-0.39, 0.29) is 18.1 Å². The molecule has 0 atom stereocenters. The Morgan fingerprint density at radius 2 is 1.79 bits per heavy atom. The van der Waals surface area contributed by atoms with Gasteiger partial charge in [0.25, 0.3) is 0 Å². The first kappa shape index (κ1) is 15.2. The van der Waals surface area contributed by atoms with E-state index in [0.29, 0.717) is 0 Å². The SMILES string of the molecule is COc1cc(C)c(N(C)C(=O)CC(C)=O)c(C)c1C. The number of methoxy groups -OCH3 is 1. The number of anilines is 1. The highest BCUT2D eigenvalue weighted by Crippen LogP contribution is 2.33. The van der Waals surface area contributed by atoms with E-state index in [1.54, 1.807) is 19.1 Å². The van der Waals surface area contributed by atoms with Gasteiger partial charge < -0.3 is 9.64 Å². The van der Waals surface area contributed by atoms with Crippen molar-refractivity contribution in [2.75, 3.05) is 19.1 Å². The molecular formula is C15H21NO3. The van der Waals surface area contributed by atoms with E-state index in [2.05, 4.69) is 0 Å². The number of ketones is 1. The van der Waals surface area contributed by atoms with Crippen molar-refractivity contribution in [2.24, 2.45) is 0 Å². The van der Waals surface area contributed by atoms with Crippen molar-refractivity contribution in [3.63, 3.8) is 0 Å². The fourth-order valence-electron chi connectivity index (χ4n) is 2.22. The third kappa shape index (κ3) is 3.13. The summed E-state index contributed by atoms with van der Waals surface area (Å²) in [6, 6.07) is 1.91. The van der Waals surface area contributed by atoms with Gasteiger partial charge in [-0.1, -0.05) is 0 Å². The number of hydrogen-bond donors (Lipinski definition) is 0. The minimum absolute atomic E-state index is 0.0690. The Labute approximate surface area is 114 Å². The second-order valence-electron chi connectivity index (χ2n) is 4.83. The van der Waals surface area contributed by atoms with Gasteiger partial charge in [0.05, 0.1) is 13.5 Å². The second-order valence-corrected chi connectivity index (χ2v) is 4.83. The van der Waals surface area contributed by atoms with Gasteiger partial charge >= 0.3 is 0 Å². The molecule has 4 heteroatoms. The Balaban J connectivity index is 3.24. The number of amides is 1. The molecule has 0 aromatic heterocycles. The lowest BCUT2D eigenvalue weighted by Gasteiger charge is -2.24. The number of carbonyl (C=O) groups is 2. The maximum atomic E-state index is 12.0. The topological polar surface area (TPSA) is 46.6 Å². The van der Waals surface area contributed by atoms with Crippen LogP contribution in [-0.4, -0.2) is 25.8 Å². The Bertz CT molecular complexity index is 521. The number of ether oxygens (including phenoxy) is 1. The van der Waals surface area contributed by atoms with Crippen LogP contribution in [0.15, 0.2) is 6.07 Å². The molecule has 104 valence electrons. The molecule has 1 rings (SSSR count). The van der Waals surface area contributed by atoms with Crippen molar-refractivity contribution in [2.45, 2.75) is 34.1 Å². The molecule has 0 saturated heterocycles. The van der Waals surface area contributed by atoms with Crippen LogP contribution in [0.25, 0.3) is 0 Å². The van der Waals surface area contributed by atoms with E-state index in [1.165, 1.54) is 6.92 Å². The van der Waals surface area contributed by atoms with Crippen molar-refractivity contribution >= 4 is 17.4 Å². The summed E-state index contributed by atoms with van der Waals surface area (Å²) in [6.45, 7) is 7.27. The summed E-state index contributed by atoms with van der Waals surface area (Å²) >= 11 is 0. The molecule has 0 saturated carbocycles. The lowest BCUT2D eigenvalue weighted by molar-refractivity contribution is -0.125. The van der Waals surface area contributed by atoms with Crippen molar-refractivity contribution in [3.8, 4) is 5.75 Å². The summed E-state index contributed by atoms with van der Waals surface area (Å²) in [4.78, 5) is 24.6.